The number of benzene rings is 1. The van der Waals surface area contributed by atoms with Gasteiger partial charge in [0, 0.05) is 32.4 Å². The van der Waals surface area contributed by atoms with Gasteiger partial charge in [0.1, 0.15) is 21.4 Å². The fourth-order valence-corrected chi connectivity index (χ4v) is 6.23. The van der Waals surface area contributed by atoms with Gasteiger partial charge in [-0.15, -0.1) is 11.3 Å². The Bertz CT molecular complexity index is 1110. The molecule has 0 spiro atoms. The van der Waals surface area contributed by atoms with Crippen LogP contribution in [0, 0.1) is 11.6 Å². The minimum Gasteiger partial charge on any atom is -0.368 e. The maximum absolute atomic E-state index is 14.3. The molecule has 0 N–H and O–H groups in total. The number of sulfonamides is 1. The number of hydrogen-bond donors (Lipinski definition) is 0. The molecule has 1 saturated heterocycles. The lowest BCUT2D eigenvalue weighted by atomic mass is 10.1. The standard InChI is InChI=1S/C17H14ClF2N3O2S2/c18-14-3-4-15(26-14)27(24,25)23-9-7-22(8-10-23)13-5-6-21-17-12(20)2-1-11(19)16(13)17/h1-6H,7-10H2. The monoisotopic (exact) mass is 429 g/mol. The molecule has 0 aliphatic carbocycles. The van der Waals surface area contributed by atoms with Crippen molar-refractivity contribution in [3.63, 3.8) is 0 Å². The first-order chi connectivity index (χ1) is 12.9. The molecule has 142 valence electrons. The van der Waals surface area contributed by atoms with Crippen molar-refractivity contribution in [3.8, 4) is 0 Å². The van der Waals surface area contributed by atoms with E-state index >= 15 is 0 Å². The highest BCUT2D eigenvalue weighted by molar-refractivity contribution is 7.91. The van der Waals surface area contributed by atoms with Gasteiger partial charge in [0.25, 0.3) is 10.0 Å². The summed E-state index contributed by atoms with van der Waals surface area (Å²) in [7, 11) is -3.61. The van der Waals surface area contributed by atoms with Gasteiger partial charge in [-0.3, -0.25) is 4.98 Å². The number of rotatable bonds is 3. The zero-order chi connectivity index (χ0) is 19.2. The number of anilines is 1. The summed E-state index contributed by atoms with van der Waals surface area (Å²) in [6.07, 6.45) is 1.43. The van der Waals surface area contributed by atoms with Gasteiger partial charge in [-0.05, 0) is 30.3 Å². The molecule has 2 aromatic heterocycles. The summed E-state index contributed by atoms with van der Waals surface area (Å²) in [5.41, 5.74) is 0.476. The average molecular weight is 430 g/mol. The molecule has 1 fully saturated rings. The molecular weight excluding hydrogens is 416 g/mol. The quantitative estimate of drug-likeness (QED) is 0.636. The van der Waals surface area contributed by atoms with Crippen LogP contribution in [-0.2, 0) is 10.0 Å². The van der Waals surface area contributed by atoms with Crippen molar-refractivity contribution in [2.45, 2.75) is 4.21 Å². The Morgan fingerprint density at radius 2 is 1.70 bits per heavy atom. The van der Waals surface area contributed by atoms with E-state index in [1.807, 2.05) is 4.90 Å². The van der Waals surface area contributed by atoms with Gasteiger partial charge in [0.15, 0.2) is 0 Å². The molecular formula is C17H14ClF2N3O2S2. The van der Waals surface area contributed by atoms with E-state index < -0.39 is 21.7 Å². The Hall–Kier alpha value is -1.81. The minimum absolute atomic E-state index is 0.0317. The van der Waals surface area contributed by atoms with Crippen molar-refractivity contribution < 1.29 is 17.2 Å². The van der Waals surface area contributed by atoms with Crippen LogP contribution >= 0.6 is 22.9 Å². The lowest BCUT2D eigenvalue weighted by molar-refractivity contribution is 0.386. The first-order valence-corrected chi connectivity index (χ1v) is 10.7. The SMILES string of the molecule is O=S(=O)(c1ccc(Cl)s1)N1CCN(c2ccnc3c(F)ccc(F)c23)CC1. The fraction of sp³-hybridized carbons (Fsp3) is 0.235. The zero-order valence-corrected chi connectivity index (χ0v) is 16.3. The first kappa shape index (κ1) is 18.5. The lowest BCUT2D eigenvalue weighted by Gasteiger charge is -2.35. The van der Waals surface area contributed by atoms with Gasteiger partial charge < -0.3 is 4.90 Å². The average Bonchev–Trinajstić information content (AvgIpc) is 3.12. The van der Waals surface area contributed by atoms with Gasteiger partial charge in [-0.1, -0.05) is 11.6 Å². The molecule has 0 amide bonds. The predicted octanol–water partition coefficient (Wildman–Crippen LogP) is 3.74. The van der Waals surface area contributed by atoms with E-state index in [-0.39, 0.29) is 28.2 Å². The normalized spacial score (nSPS) is 16.2. The van der Waals surface area contributed by atoms with Crippen LogP contribution in [0.1, 0.15) is 0 Å². The molecule has 1 aromatic carbocycles. The summed E-state index contributed by atoms with van der Waals surface area (Å²) in [5, 5.41) is 0.110. The third-order valence-corrected chi connectivity index (χ3v) is 8.09. The Morgan fingerprint density at radius 3 is 2.37 bits per heavy atom. The first-order valence-electron chi connectivity index (χ1n) is 8.11. The highest BCUT2D eigenvalue weighted by atomic mass is 35.5. The number of hydrogen-bond acceptors (Lipinski definition) is 5. The van der Waals surface area contributed by atoms with Crippen molar-refractivity contribution in [2.24, 2.45) is 0 Å². The van der Waals surface area contributed by atoms with Crippen LogP contribution in [0.4, 0.5) is 14.5 Å². The number of piperazine rings is 1. The molecule has 1 aliphatic heterocycles. The van der Waals surface area contributed by atoms with Crippen LogP contribution in [-0.4, -0.2) is 43.9 Å². The number of pyridine rings is 1. The van der Waals surface area contributed by atoms with Crippen LogP contribution in [0.15, 0.2) is 40.7 Å². The minimum atomic E-state index is -3.61. The molecule has 5 nitrogen and oxygen atoms in total. The van der Waals surface area contributed by atoms with E-state index in [0.29, 0.717) is 23.1 Å². The predicted molar refractivity (Wildman–Crippen MR) is 102 cm³/mol. The van der Waals surface area contributed by atoms with E-state index in [1.165, 1.54) is 16.6 Å². The number of nitrogens with zero attached hydrogens (tertiary/aromatic N) is 3. The Labute approximate surface area is 163 Å². The lowest BCUT2D eigenvalue weighted by Crippen LogP contribution is -2.48. The van der Waals surface area contributed by atoms with Crippen LogP contribution < -0.4 is 4.90 Å². The Balaban J connectivity index is 1.60. The largest absolute Gasteiger partial charge is 0.368 e. The second-order valence-electron chi connectivity index (χ2n) is 6.03. The molecule has 1 aliphatic rings. The number of fused-ring (bicyclic) bond motifs is 1. The van der Waals surface area contributed by atoms with Gasteiger partial charge in [0.05, 0.1) is 15.4 Å². The highest BCUT2D eigenvalue weighted by Gasteiger charge is 2.30. The summed E-state index contributed by atoms with van der Waals surface area (Å²) in [5.74, 6) is -1.15. The van der Waals surface area contributed by atoms with Crippen LogP contribution in [0.3, 0.4) is 0 Å². The Kier molecular flexibility index (Phi) is 4.79. The van der Waals surface area contributed by atoms with Crippen molar-refractivity contribution in [1.29, 1.82) is 0 Å². The highest BCUT2D eigenvalue weighted by Crippen LogP contribution is 2.32. The van der Waals surface area contributed by atoms with E-state index in [0.717, 1.165) is 23.5 Å². The van der Waals surface area contributed by atoms with Crippen molar-refractivity contribution in [2.75, 3.05) is 31.1 Å². The number of thiophene rings is 1. The third-order valence-electron chi connectivity index (χ3n) is 4.49. The zero-order valence-electron chi connectivity index (χ0n) is 13.9. The molecule has 3 aromatic rings. The molecule has 3 heterocycles. The molecule has 0 unspecified atom stereocenters. The maximum Gasteiger partial charge on any atom is 0.252 e. The van der Waals surface area contributed by atoms with Gasteiger partial charge in [0.2, 0.25) is 0 Å². The summed E-state index contributed by atoms with van der Waals surface area (Å²) < 4.78 is 55.7. The third kappa shape index (κ3) is 3.29. The Morgan fingerprint density at radius 1 is 1.00 bits per heavy atom. The second kappa shape index (κ2) is 6.97. The van der Waals surface area contributed by atoms with Crippen molar-refractivity contribution in [1.82, 2.24) is 9.29 Å². The molecule has 0 radical (unpaired) electrons. The van der Waals surface area contributed by atoms with Crippen LogP contribution in [0.5, 0.6) is 0 Å². The molecule has 27 heavy (non-hydrogen) atoms. The topological polar surface area (TPSA) is 53.5 Å². The summed E-state index contributed by atoms with van der Waals surface area (Å²) >= 11 is 6.86. The van der Waals surface area contributed by atoms with Crippen LogP contribution in [0.2, 0.25) is 4.34 Å². The van der Waals surface area contributed by atoms with Crippen molar-refractivity contribution >= 4 is 49.6 Å². The van der Waals surface area contributed by atoms with E-state index in [1.54, 1.807) is 12.1 Å². The smallest absolute Gasteiger partial charge is 0.252 e. The van der Waals surface area contributed by atoms with E-state index in [9.17, 15) is 17.2 Å². The van der Waals surface area contributed by atoms with E-state index in [4.69, 9.17) is 11.6 Å². The van der Waals surface area contributed by atoms with E-state index in [2.05, 4.69) is 4.98 Å². The summed E-state index contributed by atoms with van der Waals surface area (Å²) in [6, 6.07) is 6.78. The van der Waals surface area contributed by atoms with Gasteiger partial charge in [-0.2, -0.15) is 4.31 Å². The summed E-state index contributed by atoms with van der Waals surface area (Å²) in [4.78, 5) is 5.78. The molecule has 4 rings (SSSR count). The maximum atomic E-state index is 14.3. The molecule has 10 heteroatoms. The van der Waals surface area contributed by atoms with Crippen molar-refractivity contribution in [3.05, 3.63) is 52.5 Å². The summed E-state index contributed by atoms with van der Waals surface area (Å²) in [6.45, 7) is 1.18. The number of halogens is 3. The van der Waals surface area contributed by atoms with Gasteiger partial charge >= 0.3 is 0 Å². The molecule has 0 bridgehead atoms. The van der Waals surface area contributed by atoms with Crippen LogP contribution in [0.25, 0.3) is 10.9 Å². The van der Waals surface area contributed by atoms with Gasteiger partial charge in [-0.25, -0.2) is 17.2 Å². The molecule has 0 saturated carbocycles. The molecule has 0 atom stereocenters. The fourth-order valence-electron chi connectivity index (χ4n) is 3.17. The number of aromatic nitrogens is 1. The second-order valence-corrected chi connectivity index (χ2v) is 9.91.